The van der Waals surface area contributed by atoms with Gasteiger partial charge in [0.15, 0.2) is 0 Å². The standard InChI is InChI=1S/C20H28FN3O2/c21-17-9-5-6-10-18(17)23-11-13-24(14-12-23)20(26)15-19(25)22-16-7-3-1-2-4-8-16/h5-6,9-10,16H,1-4,7-8,11-15H2,(H,22,25). The first-order valence-electron chi connectivity index (χ1n) is 9.70. The summed E-state index contributed by atoms with van der Waals surface area (Å²) < 4.78 is 13.9. The highest BCUT2D eigenvalue weighted by molar-refractivity contribution is 5.97. The number of carbonyl (C=O) groups excluding carboxylic acids is 2. The van der Waals surface area contributed by atoms with Crippen LogP contribution in [0.5, 0.6) is 0 Å². The maximum Gasteiger partial charge on any atom is 0.232 e. The van der Waals surface area contributed by atoms with Crippen molar-refractivity contribution in [2.75, 3.05) is 31.1 Å². The summed E-state index contributed by atoms with van der Waals surface area (Å²) in [6.45, 7) is 2.20. The van der Waals surface area contributed by atoms with Gasteiger partial charge in [-0.3, -0.25) is 9.59 Å². The molecule has 6 heteroatoms. The predicted octanol–water partition coefficient (Wildman–Crippen LogP) is 2.70. The van der Waals surface area contributed by atoms with Crippen molar-refractivity contribution in [1.29, 1.82) is 0 Å². The molecule has 2 aliphatic rings. The number of nitrogens with one attached hydrogen (secondary N) is 1. The van der Waals surface area contributed by atoms with Crippen molar-refractivity contribution < 1.29 is 14.0 Å². The Balaban J connectivity index is 1.44. The first-order chi connectivity index (χ1) is 12.6. The fourth-order valence-corrected chi connectivity index (χ4v) is 3.86. The zero-order valence-corrected chi connectivity index (χ0v) is 15.3. The number of anilines is 1. The quantitative estimate of drug-likeness (QED) is 0.663. The van der Waals surface area contributed by atoms with Crippen LogP contribution in [-0.4, -0.2) is 48.9 Å². The second kappa shape index (κ2) is 9.01. The highest BCUT2D eigenvalue weighted by atomic mass is 19.1. The molecule has 1 aliphatic heterocycles. The average molecular weight is 361 g/mol. The summed E-state index contributed by atoms with van der Waals surface area (Å²) in [5, 5.41) is 3.02. The van der Waals surface area contributed by atoms with E-state index in [2.05, 4.69) is 5.32 Å². The van der Waals surface area contributed by atoms with Crippen LogP contribution in [0.15, 0.2) is 24.3 Å². The van der Waals surface area contributed by atoms with Crippen LogP contribution in [0.1, 0.15) is 44.9 Å². The number of nitrogens with zero attached hydrogens (tertiary/aromatic N) is 2. The van der Waals surface area contributed by atoms with E-state index in [9.17, 15) is 14.0 Å². The van der Waals surface area contributed by atoms with E-state index in [1.54, 1.807) is 17.0 Å². The lowest BCUT2D eigenvalue weighted by Gasteiger charge is -2.36. The molecule has 1 saturated heterocycles. The molecule has 0 unspecified atom stereocenters. The molecule has 142 valence electrons. The average Bonchev–Trinajstić information content (AvgIpc) is 2.91. The van der Waals surface area contributed by atoms with Gasteiger partial charge in [-0.15, -0.1) is 0 Å². The van der Waals surface area contributed by atoms with Crippen molar-refractivity contribution >= 4 is 17.5 Å². The summed E-state index contributed by atoms with van der Waals surface area (Å²) in [7, 11) is 0. The predicted molar refractivity (Wildman–Crippen MR) is 99.4 cm³/mol. The summed E-state index contributed by atoms with van der Waals surface area (Å²) >= 11 is 0. The molecule has 2 amide bonds. The Bertz CT molecular complexity index is 621. The van der Waals surface area contributed by atoms with Crippen LogP contribution >= 0.6 is 0 Å². The van der Waals surface area contributed by atoms with Gasteiger partial charge in [0.05, 0.1) is 5.69 Å². The van der Waals surface area contributed by atoms with Gasteiger partial charge in [0.1, 0.15) is 12.2 Å². The van der Waals surface area contributed by atoms with Crippen LogP contribution in [-0.2, 0) is 9.59 Å². The highest BCUT2D eigenvalue weighted by Gasteiger charge is 2.25. The van der Waals surface area contributed by atoms with E-state index in [0.29, 0.717) is 31.9 Å². The molecular formula is C20H28FN3O2. The number of para-hydroxylation sites is 1. The minimum atomic E-state index is -0.241. The zero-order valence-electron chi connectivity index (χ0n) is 15.3. The Morgan fingerprint density at radius 3 is 2.31 bits per heavy atom. The molecule has 1 N–H and O–H groups in total. The number of piperazine rings is 1. The van der Waals surface area contributed by atoms with Crippen LogP contribution < -0.4 is 10.2 Å². The molecule has 0 radical (unpaired) electrons. The SMILES string of the molecule is O=C(CC(=O)N1CCN(c2ccccc2F)CC1)NC1CCCCCC1. The van der Waals surface area contributed by atoms with E-state index >= 15 is 0 Å². The lowest BCUT2D eigenvalue weighted by Crippen LogP contribution is -2.50. The van der Waals surface area contributed by atoms with Crippen molar-refractivity contribution in [3.8, 4) is 0 Å². The molecule has 26 heavy (non-hydrogen) atoms. The molecule has 0 bridgehead atoms. The summed E-state index contributed by atoms with van der Waals surface area (Å²) in [4.78, 5) is 28.3. The third-order valence-electron chi connectivity index (χ3n) is 5.36. The van der Waals surface area contributed by atoms with Crippen LogP contribution in [0.25, 0.3) is 0 Å². The molecule has 1 heterocycles. The number of carbonyl (C=O) groups is 2. The van der Waals surface area contributed by atoms with Crippen molar-refractivity contribution in [2.45, 2.75) is 51.0 Å². The van der Waals surface area contributed by atoms with Gasteiger partial charge in [0.2, 0.25) is 11.8 Å². The number of rotatable bonds is 4. The number of amides is 2. The lowest BCUT2D eigenvalue weighted by molar-refractivity contribution is -0.136. The fraction of sp³-hybridized carbons (Fsp3) is 0.600. The Kier molecular flexibility index (Phi) is 6.47. The van der Waals surface area contributed by atoms with Crippen molar-refractivity contribution in [2.24, 2.45) is 0 Å². The molecule has 3 rings (SSSR count). The Hall–Kier alpha value is -2.11. The van der Waals surface area contributed by atoms with Gasteiger partial charge in [-0.1, -0.05) is 37.8 Å². The normalized spacial score (nSPS) is 19.1. The molecule has 1 aliphatic carbocycles. The minimum absolute atomic E-state index is 0.0871. The van der Waals surface area contributed by atoms with Crippen molar-refractivity contribution in [3.63, 3.8) is 0 Å². The van der Waals surface area contributed by atoms with Gasteiger partial charge in [0.25, 0.3) is 0 Å². The van der Waals surface area contributed by atoms with Crippen LogP contribution in [0.3, 0.4) is 0 Å². The third kappa shape index (κ3) is 4.96. The molecule has 0 atom stereocenters. The second-order valence-corrected chi connectivity index (χ2v) is 7.25. The largest absolute Gasteiger partial charge is 0.366 e. The van der Waals surface area contributed by atoms with Gasteiger partial charge in [-0.2, -0.15) is 0 Å². The summed E-state index contributed by atoms with van der Waals surface area (Å²) in [6.07, 6.45) is 6.71. The van der Waals surface area contributed by atoms with Crippen molar-refractivity contribution in [1.82, 2.24) is 10.2 Å². The van der Waals surface area contributed by atoms with Gasteiger partial charge in [-0.25, -0.2) is 4.39 Å². The number of benzene rings is 1. The van der Waals surface area contributed by atoms with Crippen LogP contribution in [0, 0.1) is 5.82 Å². The molecule has 1 aromatic rings. The molecular weight excluding hydrogens is 333 g/mol. The van der Waals surface area contributed by atoms with Crippen LogP contribution in [0.2, 0.25) is 0 Å². The summed E-state index contributed by atoms with van der Waals surface area (Å²) in [5.41, 5.74) is 0.575. The highest BCUT2D eigenvalue weighted by Crippen LogP contribution is 2.20. The smallest absolute Gasteiger partial charge is 0.232 e. The van der Waals surface area contributed by atoms with Gasteiger partial charge in [0, 0.05) is 32.2 Å². The fourth-order valence-electron chi connectivity index (χ4n) is 3.86. The van der Waals surface area contributed by atoms with E-state index in [1.807, 2.05) is 11.0 Å². The monoisotopic (exact) mass is 361 g/mol. The Morgan fingerprint density at radius 2 is 1.65 bits per heavy atom. The molecule has 0 aromatic heterocycles. The Morgan fingerprint density at radius 1 is 1.00 bits per heavy atom. The lowest BCUT2D eigenvalue weighted by atomic mass is 10.1. The van der Waals surface area contributed by atoms with E-state index in [-0.39, 0.29) is 30.1 Å². The minimum Gasteiger partial charge on any atom is -0.366 e. The molecule has 0 spiro atoms. The molecule has 1 saturated carbocycles. The van der Waals surface area contributed by atoms with E-state index < -0.39 is 0 Å². The maximum atomic E-state index is 13.9. The third-order valence-corrected chi connectivity index (χ3v) is 5.36. The first-order valence-corrected chi connectivity index (χ1v) is 9.70. The van der Waals surface area contributed by atoms with Crippen molar-refractivity contribution in [3.05, 3.63) is 30.1 Å². The zero-order chi connectivity index (χ0) is 18.4. The maximum absolute atomic E-state index is 13.9. The molecule has 1 aromatic carbocycles. The number of hydrogen-bond donors (Lipinski definition) is 1. The molecule has 2 fully saturated rings. The van der Waals surface area contributed by atoms with Gasteiger partial charge < -0.3 is 15.1 Å². The number of halogens is 1. The summed E-state index contributed by atoms with van der Waals surface area (Å²) in [5.74, 6) is -0.544. The van der Waals surface area contributed by atoms with E-state index in [4.69, 9.17) is 0 Å². The van der Waals surface area contributed by atoms with Crippen LogP contribution in [0.4, 0.5) is 10.1 Å². The van der Waals surface area contributed by atoms with E-state index in [0.717, 1.165) is 25.7 Å². The first kappa shape index (κ1) is 18.7. The van der Waals surface area contributed by atoms with E-state index in [1.165, 1.54) is 18.9 Å². The second-order valence-electron chi connectivity index (χ2n) is 7.25. The van der Waals surface area contributed by atoms with Gasteiger partial charge in [-0.05, 0) is 25.0 Å². The number of hydrogen-bond acceptors (Lipinski definition) is 3. The van der Waals surface area contributed by atoms with Gasteiger partial charge >= 0.3 is 0 Å². The molecule has 5 nitrogen and oxygen atoms in total. The summed E-state index contributed by atoms with van der Waals surface area (Å²) in [6, 6.07) is 6.91. The topological polar surface area (TPSA) is 52.7 Å². The Labute approximate surface area is 154 Å².